The summed E-state index contributed by atoms with van der Waals surface area (Å²) < 4.78 is 40.3. The summed E-state index contributed by atoms with van der Waals surface area (Å²) in [7, 11) is -4.94. The second-order valence-electron chi connectivity index (χ2n) is 6.28. The highest BCUT2D eigenvalue weighted by Gasteiger charge is 2.24. The highest BCUT2D eigenvalue weighted by atomic mass is 35.7. The zero-order chi connectivity index (χ0) is 22.4. The summed E-state index contributed by atoms with van der Waals surface area (Å²) in [6, 6.07) is 29.6. The van der Waals surface area contributed by atoms with Gasteiger partial charge in [0.05, 0.1) is 21.7 Å². The third-order valence-corrected chi connectivity index (χ3v) is 4.72. The Bertz CT molecular complexity index is 1140. The smallest absolute Gasteiger partial charge is 0.222 e. The van der Waals surface area contributed by atoms with E-state index in [0.29, 0.717) is 10.0 Å². The Kier molecular flexibility index (Phi) is 7.64. The highest BCUT2D eigenvalue weighted by molar-refractivity contribution is 6.36. The first-order valence-electron chi connectivity index (χ1n) is 8.87. The van der Waals surface area contributed by atoms with Crippen LogP contribution in [-0.4, -0.2) is 0 Å². The first kappa shape index (κ1) is 23.2. The van der Waals surface area contributed by atoms with Crippen LogP contribution in [0.15, 0.2) is 95.4 Å². The number of hydrogen-bond donors (Lipinski definition) is 0. The largest absolute Gasteiger partial charge is 0.368 e. The van der Waals surface area contributed by atoms with Gasteiger partial charge in [-0.1, -0.05) is 65.7 Å². The minimum absolute atomic E-state index is 0.595. The van der Waals surface area contributed by atoms with Crippen molar-refractivity contribution < 1.29 is 33.3 Å². The molecule has 0 fully saturated rings. The van der Waals surface area contributed by atoms with Crippen molar-refractivity contribution in [2.24, 2.45) is 0 Å². The number of hydrogen-bond acceptors (Lipinski definition) is 4. The number of benzene rings is 3. The Labute approximate surface area is 191 Å². The Morgan fingerprint density at radius 3 is 1.68 bits per heavy atom. The molecule has 0 saturated heterocycles. The molecule has 0 bridgehead atoms. The molecular formula is C23H15Cl3O5. The van der Waals surface area contributed by atoms with Crippen molar-refractivity contribution in [3.05, 3.63) is 101 Å². The van der Waals surface area contributed by atoms with E-state index in [-0.39, 0.29) is 0 Å². The van der Waals surface area contributed by atoms with Crippen LogP contribution in [0.1, 0.15) is 0 Å². The lowest BCUT2D eigenvalue weighted by molar-refractivity contribution is -2.00. The summed E-state index contributed by atoms with van der Waals surface area (Å²) in [6.07, 6.45) is 0. The third kappa shape index (κ3) is 6.75. The van der Waals surface area contributed by atoms with E-state index < -0.39 is 10.2 Å². The number of rotatable bonds is 3. The first-order chi connectivity index (χ1) is 14.7. The molecule has 0 atom stereocenters. The lowest BCUT2D eigenvalue weighted by Gasteiger charge is -2.17. The van der Waals surface area contributed by atoms with Crippen molar-refractivity contribution in [2.75, 3.05) is 0 Å². The molecule has 4 aromatic rings. The SMILES string of the molecule is Clc1ccc(-c2ccc(-c3ccccc3)[o+]c2-c2ccccc2)c(Cl)c1.[O-][Cl+3]([O-])([O-])[O-]. The average molecular weight is 478 g/mol. The lowest BCUT2D eigenvalue weighted by Crippen LogP contribution is -2.68. The molecule has 3 aromatic carbocycles. The summed E-state index contributed by atoms with van der Waals surface area (Å²) >= 11 is 12.5. The van der Waals surface area contributed by atoms with E-state index in [1.54, 1.807) is 6.07 Å². The second kappa shape index (κ2) is 10.2. The highest BCUT2D eigenvalue weighted by Crippen LogP contribution is 2.39. The zero-order valence-electron chi connectivity index (χ0n) is 15.8. The normalized spacial score (nSPS) is 10.9. The van der Waals surface area contributed by atoms with Crippen LogP contribution in [-0.2, 0) is 0 Å². The Morgan fingerprint density at radius 1 is 0.613 bits per heavy atom. The molecule has 0 aliphatic carbocycles. The van der Waals surface area contributed by atoms with Gasteiger partial charge in [-0.25, -0.2) is 23.1 Å². The van der Waals surface area contributed by atoms with Crippen molar-refractivity contribution in [1.29, 1.82) is 0 Å². The molecule has 1 aromatic heterocycles. The standard InChI is InChI=1S/C23H15Cl2O.ClHO4/c24-18-11-12-19(21(25)15-18)20-13-14-22(16-7-3-1-4-8-16)26-23(20)17-9-5-2-6-10-17;2-1(3,4)5/h1-15H;(H,2,3,4,5)/q+1;/p-1. The molecule has 0 aliphatic heterocycles. The van der Waals surface area contributed by atoms with Crippen molar-refractivity contribution in [1.82, 2.24) is 0 Å². The minimum Gasteiger partial charge on any atom is -0.222 e. The maximum absolute atomic E-state index is 8.49. The van der Waals surface area contributed by atoms with Crippen LogP contribution in [0.2, 0.25) is 10.0 Å². The minimum atomic E-state index is -4.94. The van der Waals surface area contributed by atoms with Crippen molar-refractivity contribution >= 4 is 23.2 Å². The maximum atomic E-state index is 8.49. The zero-order valence-corrected chi connectivity index (χ0v) is 18.1. The molecule has 0 saturated carbocycles. The van der Waals surface area contributed by atoms with Crippen LogP contribution in [0.25, 0.3) is 33.8 Å². The van der Waals surface area contributed by atoms with Gasteiger partial charge < -0.3 is 0 Å². The van der Waals surface area contributed by atoms with E-state index in [9.17, 15) is 0 Å². The molecule has 0 N–H and O–H groups in total. The van der Waals surface area contributed by atoms with Gasteiger partial charge in [0.15, 0.2) is 0 Å². The predicted octanol–water partition coefficient (Wildman–Crippen LogP) is 3.11. The quantitative estimate of drug-likeness (QED) is 0.422. The molecule has 5 nitrogen and oxygen atoms in total. The van der Waals surface area contributed by atoms with E-state index in [4.69, 9.17) is 46.3 Å². The van der Waals surface area contributed by atoms with Crippen LogP contribution in [0.3, 0.4) is 0 Å². The molecule has 0 unspecified atom stereocenters. The van der Waals surface area contributed by atoms with E-state index in [0.717, 1.165) is 33.8 Å². The van der Waals surface area contributed by atoms with Crippen molar-refractivity contribution in [3.63, 3.8) is 0 Å². The molecule has 8 heteroatoms. The fraction of sp³-hybridized carbons (Fsp3) is 0. The Balaban J connectivity index is 0.000000491. The maximum Gasteiger partial charge on any atom is 0.368 e. The molecule has 0 spiro atoms. The third-order valence-electron chi connectivity index (χ3n) is 4.17. The van der Waals surface area contributed by atoms with Gasteiger partial charge in [0.2, 0.25) is 0 Å². The van der Waals surface area contributed by atoms with Crippen LogP contribution in [0, 0.1) is 10.2 Å². The number of halogens is 3. The molecular weight excluding hydrogens is 463 g/mol. The predicted molar refractivity (Wildman–Crippen MR) is 109 cm³/mol. The van der Waals surface area contributed by atoms with Crippen LogP contribution >= 0.6 is 23.2 Å². The molecule has 0 aliphatic rings. The molecule has 0 radical (unpaired) electrons. The fourth-order valence-electron chi connectivity index (χ4n) is 2.92. The van der Waals surface area contributed by atoms with Crippen molar-refractivity contribution in [2.45, 2.75) is 0 Å². The van der Waals surface area contributed by atoms with Crippen LogP contribution < -0.4 is 18.6 Å². The monoisotopic (exact) mass is 476 g/mol. The van der Waals surface area contributed by atoms with Gasteiger partial charge in [-0.15, -0.1) is 10.2 Å². The van der Waals surface area contributed by atoms with E-state index in [1.165, 1.54) is 0 Å². The van der Waals surface area contributed by atoms with E-state index in [2.05, 4.69) is 0 Å². The Morgan fingerprint density at radius 2 is 1.13 bits per heavy atom. The average Bonchev–Trinajstić information content (AvgIpc) is 2.74. The van der Waals surface area contributed by atoms with Gasteiger partial charge >= 0.3 is 11.5 Å². The van der Waals surface area contributed by atoms with Crippen LogP contribution in [0.5, 0.6) is 0 Å². The summed E-state index contributed by atoms with van der Waals surface area (Å²) in [5.74, 6) is 1.58. The molecule has 158 valence electrons. The molecule has 1 heterocycles. The lowest BCUT2D eigenvalue weighted by atomic mass is 9.99. The Hall–Kier alpha value is -2.48. The summed E-state index contributed by atoms with van der Waals surface area (Å²) in [6.45, 7) is 0. The van der Waals surface area contributed by atoms with Crippen LogP contribution in [0.4, 0.5) is 0 Å². The molecule has 0 amide bonds. The summed E-state index contributed by atoms with van der Waals surface area (Å²) in [5, 5.41) is 1.20. The van der Waals surface area contributed by atoms with Gasteiger partial charge in [-0.2, -0.15) is 0 Å². The van der Waals surface area contributed by atoms with Gasteiger partial charge in [-0.05, 0) is 42.5 Å². The first-order valence-corrected chi connectivity index (χ1v) is 10.9. The van der Waals surface area contributed by atoms with Crippen molar-refractivity contribution in [3.8, 4) is 33.8 Å². The summed E-state index contributed by atoms with van der Waals surface area (Å²) in [4.78, 5) is 0. The van der Waals surface area contributed by atoms with Gasteiger partial charge in [0.1, 0.15) is 0 Å². The van der Waals surface area contributed by atoms with E-state index >= 15 is 0 Å². The summed E-state index contributed by atoms with van der Waals surface area (Å²) in [5.41, 5.74) is 3.83. The molecule has 4 rings (SSSR count). The van der Waals surface area contributed by atoms with E-state index in [1.807, 2.05) is 84.9 Å². The fourth-order valence-corrected chi connectivity index (χ4v) is 3.43. The van der Waals surface area contributed by atoms with Gasteiger partial charge in [0, 0.05) is 16.7 Å². The second-order valence-corrected chi connectivity index (χ2v) is 7.88. The van der Waals surface area contributed by atoms with Gasteiger partial charge in [-0.3, -0.25) is 0 Å². The topological polar surface area (TPSA) is 104 Å². The van der Waals surface area contributed by atoms with Gasteiger partial charge in [0.25, 0.3) is 0 Å². The molecule has 31 heavy (non-hydrogen) atoms.